The Kier molecular flexibility index (Phi) is 2.70. The van der Waals surface area contributed by atoms with Gasteiger partial charge in [-0.15, -0.1) is 0 Å². The Hall–Kier alpha value is -2.02. The first-order valence-electron chi connectivity index (χ1n) is 5.30. The molecule has 0 fully saturated rings. The van der Waals surface area contributed by atoms with Crippen molar-refractivity contribution in [2.45, 2.75) is 0 Å². The van der Waals surface area contributed by atoms with Crippen LogP contribution in [0.15, 0.2) is 34.9 Å². The Morgan fingerprint density at radius 1 is 1.11 bits per heavy atom. The fourth-order valence-corrected chi connectivity index (χ4v) is 2.20. The summed E-state index contributed by atoms with van der Waals surface area (Å²) in [7, 11) is 0. The fourth-order valence-electron chi connectivity index (χ4n) is 1.88. The molecule has 0 bridgehead atoms. The van der Waals surface area contributed by atoms with Crippen molar-refractivity contribution in [1.82, 2.24) is 14.5 Å². The van der Waals surface area contributed by atoms with Crippen molar-refractivity contribution in [3.8, 4) is 5.69 Å². The zero-order chi connectivity index (χ0) is 13.6. The summed E-state index contributed by atoms with van der Waals surface area (Å²) in [5.74, 6) is -1.26. The first-order chi connectivity index (χ1) is 9.04. The Bertz CT molecular complexity index is 764. The molecule has 1 aromatic carbocycles. The third-order valence-electron chi connectivity index (χ3n) is 2.60. The van der Waals surface area contributed by atoms with Gasteiger partial charge in [0.1, 0.15) is 17.2 Å². The van der Waals surface area contributed by atoms with Gasteiger partial charge in [-0.05, 0) is 34.1 Å². The molecule has 0 aliphatic rings. The summed E-state index contributed by atoms with van der Waals surface area (Å²) in [4.78, 5) is 8.28. The van der Waals surface area contributed by atoms with Gasteiger partial charge in [0.2, 0.25) is 5.95 Å². The molecule has 0 atom stereocenters. The van der Waals surface area contributed by atoms with Crippen molar-refractivity contribution in [2.24, 2.45) is 0 Å². The Balaban J connectivity index is 2.32. The molecule has 4 nitrogen and oxygen atoms in total. The molecule has 0 aliphatic carbocycles. The van der Waals surface area contributed by atoms with Crippen molar-refractivity contribution in [3.63, 3.8) is 0 Å². The van der Waals surface area contributed by atoms with Gasteiger partial charge in [-0.3, -0.25) is 4.57 Å². The molecule has 96 valence electrons. The summed E-state index contributed by atoms with van der Waals surface area (Å²) in [5, 5.41) is 0. The number of hydrogen-bond acceptors (Lipinski definition) is 3. The first-order valence-corrected chi connectivity index (χ1v) is 6.10. The largest absolute Gasteiger partial charge is 0.369 e. The van der Waals surface area contributed by atoms with E-state index < -0.39 is 11.6 Å². The summed E-state index contributed by atoms with van der Waals surface area (Å²) in [6.45, 7) is 0. The number of nitrogens with zero attached hydrogens (tertiary/aromatic N) is 3. The molecule has 2 heterocycles. The van der Waals surface area contributed by atoms with E-state index in [9.17, 15) is 8.78 Å². The number of hydrogen-bond donors (Lipinski definition) is 1. The van der Waals surface area contributed by atoms with Gasteiger partial charge in [0.15, 0.2) is 5.65 Å². The van der Waals surface area contributed by atoms with Gasteiger partial charge in [-0.1, -0.05) is 0 Å². The average molecular weight is 325 g/mol. The fraction of sp³-hybridized carbons (Fsp3) is 0. The van der Waals surface area contributed by atoms with Gasteiger partial charge in [-0.25, -0.2) is 18.7 Å². The maximum atomic E-state index is 13.3. The van der Waals surface area contributed by atoms with Gasteiger partial charge in [0.05, 0.1) is 5.69 Å². The Morgan fingerprint density at radius 2 is 1.79 bits per heavy atom. The monoisotopic (exact) mass is 324 g/mol. The van der Waals surface area contributed by atoms with Crippen molar-refractivity contribution in [1.29, 1.82) is 0 Å². The molecule has 7 heteroatoms. The number of rotatable bonds is 1. The predicted octanol–water partition coefficient (Wildman–Crippen LogP) is 3.04. The molecule has 0 saturated heterocycles. The maximum Gasteiger partial charge on any atom is 0.207 e. The van der Waals surface area contributed by atoms with Crippen LogP contribution >= 0.6 is 15.9 Å². The minimum atomic E-state index is -0.687. The second kappa shape index (κ2) is 4.27. The molecule has 0 aliphatic heterocycles. The second-order valence-electron chi connectivity index (χ2n) is 3.93. The van der Waals surface area contributed by atoms with E-state index in [-0.39, 0.29) is 11.6 Å². The topological polar surface area (TPSA) is 56.7 Å². The van der Waals surface area contributed by atoms with E-state index in [1.165, 1.54) is 16.7 Å². The van der Waals surface area contributed by atoms with E-state index in [0.29, 0.717) is 11.2 Å². The molecular formula is C12H7BrF2N4. The van der Waals surface area contributed by atoms with Crippen molar-refractivity contribution < 1.29 is 8.78 Å². The van der Waals surface area contributed by atoms with Gasteiger partial charge in [0.25, 0.3) is 0 Å². The third-order valence-corrected chi connectivity index (χ3v) is 3.03. The van der Waals surface area contributed by atoms with E-state index in [1.54, 1.807) is 12.3 Å². The highest BCUT2D eigenvalue weighted by atomic mass is 79.9. The molecule has 0 unspecified atom stereocenters. The Morgan fingerprint density at radius 3 is 2.47 bits per heavy atom. The number of nitrogens with two attached hydrogens (primary N) is 1. The number of aromatic nitrogens is 3. The minimum Gasteiger partial charge on any atom is -0.369 e. The molecule has 0 amide bonds. The molecule has 0 spiro atoms. The highest BCUT2D eigenvalue weighted by Crippen LogP contribution is 2.24. The highest BCUT2D eigenvalue weighted by molar-refractivity contribution is 9.10. The molecule has 2 N–H and O–H groups in total. The summed E-state index contributed by atoms with van der Waals surface area (Å²) in [6.07, 6.45) is 1.57. The Labute approximate surface area is 115 Å². The van der Waals surface area contributed by atoms with E-state index in [1.807, 2.05) is 0 Å². The van der Waals surface area contributed by atoms with E-state index in [4.69, 9.17) is 5.73 Å². The van der Waals surface area contributed by atoms with Crippen molar-refractivity contribution in [2.75, 3.05) is 5.73 Å². The van der Waals surface area contributed by atoms with Gasteiger partial charge < -0.3 is 5.73 Å². The van der Waals surface area contributed by atoms with Gasteiger partial charge >= 0.3 is 0 Å². The quantitative estimate of drug-likeness (QED) is 0.748. The van der Waals surface area contributed by atoms with Crippen LogP contribution in [0.2, 0.25) is 0 Å². The molecule has 2 aromatic heterocycles. The standard InChI is InChI=1S/C12H7BrF2N4/c13-6-1-10-11(17-5-6)19(12(16)18-10)9-3-7(14)2-8(15)4-9/h1-5H,(H2,16,18). The van der Waals surface area contributed by atoms with Crippen LogP contribution in [0.25, 0.3) is 16.9 Å². The van der Waals surface area contributed by atoms with E-state index >= 15 is 0 Å². The lowest BCUT2D eigenvalue weighted by molar-refractivity contribution is 0.582. The van der Waals surface area contributed by atoms with Crippen LogP contribution in [0, 0.1) is 11.6 Å². The molecule has 0 radical (unpaired) electrons. The zero-order valence-electron chi connectivity index (χ0n) is 9.44. The summed E-state index contributed by atoms with van der Waals surface area (Å²) in [6, 6.07) is 4.86. The summed E-state index contributed by atoms with van der Waals surface area (Å²) in [5.41, 5.74) is 7.00. The van der Waals surface area contributed by atoms with Crippen LogP contribution in [0.3, 0.4) is 0 Å². The van der Waals surface area contributed by atoms with E-state index in [0.717, 1.165) is 10.5 Å². The second-order valence-corrected chi connectivity index (χ2v) is 4.85. The lowest BCUT2D eigenvalue weighted by Crippen LogP contribution is -2.02. The first kappa shape index (κ1) is 12.0. The van der Waals surface area contributed by atoms with E-state index in [2.05, 4.69) is 25.9 Å². The highest BCUT2D eigenvalue weighted by Gasteiger charge is 2.13. The number of nitrogen functional groups attached to an aromatic ring is 1. The lowest BCUT2D eigenvalue weighted by atomic mass is 10.3. The zero-order valence-corrected chi connectivity index (χ0v) is 11.0. The average Bonchev–Trinajstić information content (AvgIpc) is 2.62. The number of fused-ring (bicyclic) bond motifs is 1. The van der Waals surface area contributed by atoms with Crippen LogP contribution in [0.5, 0.6) is 0 Å². The maximum absolute atomic E-state index is 13.3. The van der Waals surface area contributed by atoms with Gasteiger partial charge in [0, 0.05) is 16.7 Å². The van der Waals surface area contributed by atoms with Crippen LogP contribution < -0.4 is 5.73 Å². The normalized spacial score (nSPS) is 11.1. The van der Waals surface area contributed by atoms with Crippen molar-refractivity contribution in [3.05, 3.63) is 46.6 Å². The van der Waals surface area contributed by atoms with Crippen LogP contribution in [0.1, 0.15) is 0 Å². The molecular weight excluding hydrogens is 318 g/mol. The predicted molar refractivity (Wildman–Crippen MR) is 70.9 cm³/mol. The molecule has 19 heavy (non-hydrogen) atoms. The summed E-state index contributed by atoms with van der Waals surface area (Å²) >= 11 is 3.27. The molecule has 3 rings (SSSR count). The number of halogens is 3. The molecule has 0 saturated carbocycles. The van der Waals surface area contributed by atoms with Crippen LogP contribution in [-0.4, -0.2) is 14.5 Å². The smallest absolute Gasteiger partial charge is 0.207 e. The molecule has 3 aromatic rings. The SMILES string of the molecule is Nc1nc2cc(Br)cnc2n1-c1cc(F)cc(F)c1. The van der Waals surface area contributed by atoms with Crippen LogP contribution in [0.4, 0.5) is 14.7 Å². The van der Waals surface area contributed by atoms with Crippen molar-refractivity contribution >= 4 is 33.0 Å². The minimum absolute atomic E-state index is 0.116. The summed E-state index contributed by atoms with van der Waals surface area (Å²) < 4.78 is 28.7. The number of benzene rings is 1. The number of imidazole rings is 1. The van der Waals surface area contributed by atoms with Crippen LogP contribution in [-0.2, 0) is 0 Å². The third kappa shape index (κ3) is 2.06. The number of pyridine rings is 1. The number of anilines is 1. The van der Waals surface area contributed by atoms with Gasteiger partial charge in [-0.2, -0.15) is 0 Å². The lowest BCUT2D eigenvalue weighted by Gasteiger charge is -2.06.